The van der Waals surface area contributed by atoms with Crippen LogP contribution in [0.2, 0.25) is 0 Å². The minimum atomic E-state index is -0.543. The Kier molecular flexibility index (Phi) is 4.01. The van der Waals surface area contributed by atoms with Gasteiger partial charge < -0.3 is 9.31 Å². The highest BCUT2D eigenvalue weighted by Crippen LogP contribution is 2.37. The lowest BCUT2D eigenvalue weighted by atomic mass is 9.77. The first-order valence-corrected chi connectivity index (χ1v) is 9.03. The van der Waals surface area contributed by atoms with Crippen LogP contribution in [0.15, 0.2) is 30.6 Å². The zero-order valence-electron chi connectivity index (χ0n) is 15.9. The lowest BCUT2D eigenvalue weighted by Crippen LogP contribution is -2.49. The summed E-state index contributed by atoms with van der Waals surface area (Å²) in [6.07, 6.45) is 3.74. The van der Waals surface area contributed by atoms with Gasteiger partial charge in [-0.3, -0.25) is 20.0 Å². The molecule has 0 bridgehead atoms. The number of imide groups is 1. The Morgan fingerprint density at radius 2 is 1.78 bits per heavy atom. The van der Waals surface area contributed by atoms with E-state index in [-0.39, 0.29) is 12.3 Å². The molecule has 1 aromatic carbocycles. The van der Waals surface area contributed by atoms with Crippen molar-refractivity contribution in [2.24, 2.45) is 0 Å². The van der Waals surface area contributed by atoms with Gasteiger partial charge in [-0.25, -0.2) is 4.79 Å². The zero-order valence-corrected chi connectivity index (χ0v) is 15.9. The Hall–Kier alpha value is -2.45. The van der Waals surface area contributed by atoms with E-state index in [0.717, 1.165) is 16.2 Å². The summed E-state index contributed by atoms with van der Waals surface area (Å²) in [5.41, 5.74) is 0.625. The fourth-order valence-electron chi connectivity index (χ4n) is 3.39. The van der Waals surface area contributed by atoms with Gasteiger partial charge in [0.25, 0.3) is 0 Å². The highest BCUT2D eigenvalue weighted by Gasteiger charge is 2.52. The molecule has 0 unspecified atom stereocenters. The summed E-state index contributed by atoms with van der Waals surface area (Å²) in [5.74, 6) is -0.257. The summed E-state index contributed by atoms with van der Waals surface area (Å²) in [5, 5.41) is 4.08. The van der Waals surface area contributed by atoms with Gasteiger partial charge in [0.05, 0.1) is 16.9 Å². The first-order valence-electron chi connectivity index (χ1n) is 9.03. The number of aromatic nitrogens is 1. The third-order valence-corrected chi connectivity index (χ3v) is 5.66. The standard InChI is InChI=1S/C19H22BN3O4/c1-18(2)19(3,4)27-20(26-18)14-11-21-10-13-12(14)6-5-7-15(13)23-9-8-16(24)22-17(23)25/h5-7,10-11H,8-9H2,1-4H3,(H,22,24,25). The first-order chi connectivity index (χ1) is 12.7. The van der Waals surface area contributed by atoms with Crippen LogP contribution < -0.4 is 15.7 Å². The molecule has 1 aromatic heterocycles. The van der Waals surface area contributed by atoms with Crippen molar-refractivity contribution >= 4 is 41.0 Å². The second-order valence-electron chi connectivity index (χ2n) is 7.94. The maximum Gasteiger partial charge on any atom is 0.497 e. The number of nitrogens with zero attached hydrogens (tertiary/aromatic N) is 2. The van der Waals surface area contributed by atoms with Crippen LogP contribution in [-0.4, -0.2) is 41.8 Å². The van der Waals surface area contributed by atoms with Crippen molar-refractivity contribution in [1.29, 1.82) is 0 Å². The Morgan fingerprint density at radius 1 is 1.07 bits per heavy atom. The number of hydrogen-bond donors (Lipinski definition) is 1. The van der Waals surface area contributed by atoms with Crippen LogP contribution in [0.1, 0.15) is 34.1 Å². The molecule has 0 saturated carbocycles. The molecule has 0 radical (unpaired) electrons. The SMILES string of the molecule is CC1(C)OB(c2cncc3c(N4CCC(=O)NC4=O)cccc23)OC1(C)C. The third-order valence-electron chi connectivity index (χ3n) is 5.66. The molecule has 2 fully saturated rings. The molecule has 140 valence electrons. The highest BCUT2D eigenvalue weighted by atomic mass is 16.7. The molecule has 0 aliphatic carbocycles. The molecule has 0 atom stereocenters. The van der Waals surface area contributed by atoms with E-state index < -0.39 is 24.4 Å². The predicted octanol–water partition coefficient (Wildman–Crippen LogP) is 1.98. The van der Waals surface area contributed by atoms with Gasteiger partial charge in [0, 0.05) is 36.2 Å². The number of anilines is 1. The average Bonchev–Trinajstić information content (AvgIpc) is 2.81. The summed E-state index contributed by atoms with van der Waals surface area (Å²) in [6, 6.07) is 5.29. The zero-order chi connectivity index (χ0) is 19.4. The summed E-state index contributed by atoms with van der Waals surface area (Å²) >= 11 is 0. The maximum atomic E-state index is 12.3. The van der Waals surface area contributed by atoms with Crippen LogP contribution in [-0.2, 0) is 14.1 Å². The van der Waals surface area contributed by atoms with Crippen molar-refractivity contribution in [2.45, 2.75) is 45.3 Å². The summed E-state index contributed by atoms with van der Waals surface area (Å²) < 4.78 is 12.4. The molecule has 3 heterocycles. The van der Waals surface area contributed by atoms with E-state index in [9.17, 15) is 9.59 Å². The number of carbonyl (C=O) groups is 2. The van der Waals surface area contributed by atoms with Crippen molar-refractivity contribution in [1.82, 2.24) is 10.3 Å². The van der Waals surface area contributed by atoms with E-state index in [1.165, 1.54) is 0 Å². The minimum Gasteiger partial charge on any atom is -0.399 e. The molecule has 27 heavy (non-hydrogen) atoms. The van der Waals surface area contributed by atoms with E-state index in [2.05, 4.69) is 10.3 Å². The van der Waals surface area contributed by atoms with E-state index in [4.69, 9.17) is 9.31 Å². The molecule has 4 rings (SSSR count). The Labute approximate surface area is 158 Å². The monoisotopic (exact) mass is 367 g/mol. The van der Waals surface area contributed by atoms with Gasteiger partial charge in [-0.1, -0.05) is 12.1 Å². The van der Waals surface area contributed by atoms with Crippen molar-refractivity contribution < 1.29 is 18.9 Å². The molecular formula is C19H22BN3O4. The van der Waals surface area contributed by atoms with Crippen LogP contribution in [0.5, 0.6) is 0 Å². The molecule has 2 aliphatic heterocycles. The Balaban J connectivity index is 1.78. The Morgan fingerprint density at radius 3 is 2.44 bits per heavy atom. The van der Waals surface area contributed by atoms with Crippen molar-refractivity contribution in [3.8, 4) is 0 Å². The number of fused-ring (bicyclic) bond motifs is 1. The fraction of sp³-hybridized carbons (Fsp3) is 0.421. The lowest BCUT2D eigenvalue weighted by molar-refractivity contribution is -0.120. The number of nitrogens with one attached hydrogen (secondary N) is 1. The topological polar surface area (TPSA) is 80.8 Å². The van der Waals surface area contributed by atoms with E-state index >= 15 is 0 Å². The predicted molar refractivity (Wildman–Crippen MR) is 103 cm³/mol. The smallest absolute Gasteiger partial charge is 0.399 e. The molecule has 8 heteroatoms. The van der Waals surface area contributed by atoms with Crippen molar-refractivity contribution in [2.75, 3.05) is 11.4 Å². The summed E-state index contributed by atoms with van der Waals surface area (Å²) in [6.45, 7) is 8.36. The molecule has 2 aliphatic rings. The Bertz CT molecular complexity index is 928. The summed E-state index contributed by atoms with van der Waals surface area (Å²) in [4.78, 5) is 29.7. The van der Waals surface area contributed by atoms with E-state index in [1.807, 2.05) is 45.9 Å². The number of urea groups is 1. The number of hydrogen-bond acceptors (Lipinski definition) is 5. The number of amides is 3. The fourth-order valence-corrected chi connectivity index (χ4v) is 3.39. The quantitative estimate of drug-likeness (QED) is 0.821. The van der Waals surface area contributed by atoms with Gasteiger partial charge in [-0.05, 0) is 39.1 Å². The first kappa shape index (κ1) is 17.9. The van der Waals surface area contributed by atoms with Gasteiger partial charge in [0.1, 0.15) is 0 Å². The molecule has 3 amide bonds. The highest BCUT2D eigenvalue weighted by molar-refractivity contribution is 6.65. The van der Waals surface area contributed by atoms with Crippen molar-refractivity contribution in [3.63, 3.8) is 0 Å². The van der Waals surface area contributed by atoms with Gasteiger partial charge in [-0.2, -0.15) is 0 Å². The molecular weight excluding hydrogens is 345 g/mol. The molecule has 2 saturated heterocycles. The average molecular weight is 367 g/mol. The van der Waals surface area contributed by atoms with Crippen LogP contribution in [0, 0.1) is 0 Å². The van der Waals surface area contributed by atoms with Gasteiger partial charge in [0.15, 0.2) is 0 Å². The second-order valence-corrected chi connectivity index (χ2v) is 7.94. The van der Waals surface area contributed by atoms with E-state index in [0.29, 0.717) is 12.2 Å². The second kappa shape index (κ2) is 6.04. The number of pyridine rings is 1. The van der Waals surface area contributed by atoms with Crippen LogP contribution in [0.3, 0.4) is 0 Å². The number of rotatable bonds is 2. The summed E-state index contributed by atoms with van der Waals surface area (Å²) in [7, 11) is -0.543. The van der Waals surface area contributed by atoms with Crippen LogP contribution in [0.4, 0.5) is 10.5 Å². The lowest BCUT2D eigenvalue weighted by Gasteiger charge is -2.32. The molecule has 2 aromatic rings. The van der Waals surface area contributed by atoms with E-state index in [1.54, 1.807) is 17.3 Å². The number of carbonyl (C=O) groups excluding carboxylic acids is 2. The van der Waals surface area contributed by atoms with Crippen molar-refractivity contribution in [3.05, 3.63) is 30.6 Å². The molecule has 1 N–H and O–H groups in total. The van der Waals surface area contributed by atoms with Crippen LogP contribution >= 0.6 is 0 Å². The largest absolute Gasteiger partial charge is 0.497 e. The third kappa shape index (κ3) is 2.89. The normalized spacial score (nSPS) is 21.6. The maximum absolute atomic E-state index is 12.3. The minimum absolute atomic E-state index is 0.257. The van der Waals surface area contributed by atoms with Crippen LogP contribution in [0.25, 0.3) is 10.8 Å². The molecule has 7 nitrogen and oxygen atoms in total. The van der Waals surface area contributed by atoms with Gasteiger partial charge in [-0.15, -0.1) is 0 Å². The number of benzene rings is 1. The molecule has 0 spiro atoms. The van der Waals surface area contributed by atoms with Gasteiger partial charge >= 0.3 is 13.1 Å². The van der Waals surface area contributed by atoms with Gasteiger partial charge in [0.2, 0.25) is 5.91 Å².